The molecular weight excluding hydrogens is 438 g/mol. The third kappa shape index (κ3) is 3.27. The Morgan fingerprint density at radius 3 is 2.76 bits per heavy atom. The molecular formula is C25H25N3O6. The Bertz CT molecular complexity index is 1420. The summed E-state index contributed by atoms with van der Waals surface area (Å²) >= 11 is 0. The number of pyridine rings is 2. The molecule has 0 radical (unpaired) electrons. The lowest BCUT2D eigenvalue weighted by molar-refractivity contribution is -0.173. The minimum absolute atomic E-state index is 0.145. The number of fused-ring (bicyclic) bond motifs is 5. The summed E-state index contributed by atoms with van der Waals surface area (Å²) in [5.41, 5.74) is 9.92. The molecule has 2 aliphatic rings. The van der Waals surface area contributed by atoms with Gasteiger partial charge < -0.3 is 24.9 Å². The van der Waals surface area contributed by atoms with Gasteiger partial charge in [0.1, 0.15) is 18.4 Å². The van der Waals surface area contributed by atoms with Crippen molar-refractivity contribution in [2.75, 3.05) is 0 Å². The van der Waals surface area contributed by atoms with E-state index in [0.29, 0.717) is 35.4 Å². The quantitative estimate of drug-likeness (QED) is 0.441. The zero-order valence-electron chi connectivity index (χ0n) is 19.1. The molecule has 9 nitrogen and oxygen atoms in total. The molecule has 34 heavy (non-hydrogen) atoms. The molecule has 0 spiro atoms. The van der Waals surface area contributed by atoms with Crippen LogP contribution in [0.15, 0.2) is 29.1 Å². The second-order valence-electron chi connectivity index (χ2n) is 9.02. The summed E-state index contributed by atoms with van der Waals surface area (Å²) < 4.78 is 12.2. The first-order chi connectivity index (χ1) is 16.2. The molecule has 4 heterocycles. The highest BCUT2D eigenvalue weighted by molar-refractivity contribution is 5.89. The number of esters is 2. The summed E-state index contributed by atoms with van der Waals surface area (Å²) in [6.45, 7) is 5.68. The molecule has 2 atom stereocenters. The van der Waals surface area contributed by atoms with Crippen molar-refractivity contribution in [3.63, 3.8) is 0 Å². The maximum Gasteiger partial charge on any atom is 0.352 e. The smallest absolute Gasteiger partial charge is 0.352 e. The van der Waals surface area contributed by atoms with Gasteiger partial charge >= 0.3 is 11.9 Å². The van der Waals surface area contributed by atoms with Crippen LogP contribution in [0.4, 0.5) is 0 Å². The first kappa shape index (κ1) is 22.1. The van der Waals surface area contributed by atoms with Crippen LogP contribution >= 0.6 is 0 Å². The van der Waals surface area contributed by atoms with E-state index in [-0.39, 0.29) is 29.4 Å². The molecule has 9 heteroatoms. The molecule has 1 aromatic carbocycles. The van der Waals surface area contributed by atoms with Crippen molar-refractivity contribution < 1.29 is 24.2 Å². The summed E-state index contributed by atoms with van der Waals surface area (Å²) in [4.78, 5) is 43.3. The van der Waals surface area contributed by atoms with Gasteiger partial charge in [-0.1, -0.05) is 20.8 Å². The minimum Gasteiger partial charge on any atom is -0.508 e. The third-order valence-electron chi connectivity index (χ3n) is 6.61. The van der Waals surface area contributed by atoms with E-state index < -0.39 is 24.1 Å². The number of aryl methyl sites for hydroxylation is 1. The molecule has 5 rings (SSSR count). The Morgan fingerprint density at radius 1 is 1.29 bits per heavy atom. The summed E-state index contributed by atoms with van der Waals surface area (Å²) in [5.74, 6) is -1.51. The Hall–Kier alpha value is -3.72. The lowest BCUT2D eigenvalue weighted by Gasteiger charge is -2.26. The average molecular weight is 463 g/mol. The number of hydrogen-bond acceptors (Lipinski definition) is 8. The molecule has 2 aliphatic heterocycles. The molecule has 3 N–H and O–H groups in total. The van der Waals surface area contributed by atoms with E-state index in [4.69, 9.17) is 20.2 Å². The van der Waals surface area contributed by atoms with Crippen molar-refractivity contribution in [1.29, 1.82) is 0 Å². The Kier molecular flexibility index (Phi) is 5.16. The molecule has 0 aliphatic carbocycles. The highest BCUT2D eigenvalue weighted by Gasteiger charge is 2.38. The topological polar surface area (TPSA) is 134 Å². The van der Waals surface area contributed by atoms with Crippen LogP contribution in [-0.2, 0) is 38.6 Å². The number of phenols is 1. The lowest BCUT2D eigenvalue weighted by atomic mass is 9.97. The standard InChI is InChI=1S/C25H25N3O6/c1-4-13-14-7-12(29)5-6-18(14)27-21-16(13)9-28-19(21)8-15-17(23(28)30)10-33-25(32)22(15)34-24(31)20(26)11(2)3/h5-8,11,20,22,29H,4,9-10,26H2,1-3H3. The molecule has 0 fully saturated rings. The fourth-order valence-corrected chi connectivity index (χ4v) is 4.67. The van der Waals surface area contributed by atoms with Crippen molar-refractivity contribution in [3.8, 4) is 17.1 Å². The van der Waals surface area contributed by atoms with Gasteiger partial charge in [-0.3, -0.25) is 9.59 Å². The second-order valence-corrected chi connectivity index (χ2v) is 9.02. The molecule has 3 aromatic rings. The zero-order valence-corrected chi connectivity index (χ0v) is 19.1. The fourth-order valence-electron chi connectivity index (χ4n) is 4.67. The first-order valence-corrected chi connectivity index (χ1v) is 11.2. The number of rotatable bonds is 4. The zero-order chi connectivity index (χ0) is 24.3. The Labute approximate surface area is 195 Å². The first-order valence-electron chi connectivity index (χ1n) is 11.2. The summed E-state index contributed by atoms with van der Waals surface area (Å²) in [6, 6.07) is 5.77. The highest BCUT2D eigenvalue weighted by atomic mass is 16.6. The van der Waals surface area contributed by atoms with Crippen LogP contribution in [0.2, 0.25) is 0 Å². The van der Waals surface area contributed by atoms with Crippen LogP contribution in [0, 0.1) is 5.92 Å². The van der Waals surface area contributed by atoms with E-state index in [2.05, 4.69) is 0 Å². The van der Waals surface area contributed by atoms with Gasteiger partial charge in [-0.15, -0.1) is 0 Å². The fraction of sp³-hybridized carbons (Fsp3) is 0.360. The Balaban J connectivity index is 1.67. The summed E-state index contributed by atoms with van der Waals surface area (Å²) in [7, 11) is 0. The van der Waals surface area contributed by atoms with Crippen molar-refractivity contribution >= 4 is 22.8 Å². The molecule has 2 aromatic heterocycles. The Morgan fingerprint density at radius 2 is 2.06 bits per heavy atom. The van der Waals surface area contributed by atoms with Gasteiger partial charge in [-0.2, -0.15) is 0 Å². The predicted molar refractivity (Wildman–Crippen MR) is 123 cm³/mol. The van der Waals surface area contributed by atoms with Gasteiger partial charge in [0.2, 0.25) is 6.10 Å². The van der Waals surface area contributed by atoms with Gasteiger partial charge in [-0.25, -0.2) is 9.78 Å². The number of phenolic OH excluding ortho intramolecular Hbond substituents is 1. The number of nitrogens with zero attached hydrogens (tertiary/aromatic N) is 2. The van der Waals surface area contributed by atoms with Gasteiger partial charge in [-0.05, 0) is 42.2 Å². The maximum absolute atomic E-state index is 13.4. The van der Waals surface area contributed by atoms with E-state index in [9.17, 15) is 19.5 Å². The van der Waals surface area contributed by atoms with Gasteiger partial charge in [0.05, 0.1) is 29.0 Å². The van der Waals surface area contributed by atoms with Crippen LogP contribution in [0.3, 0.4) is 0 Å². The number of carbonyl (C=O) groups is 2. The minimum atomic E-state index is -1.37. The number of carbonyl (C=O) groups excluding carboxylic acids is 2. The van der Waals surface area contributed by atoms with Crippen molar-refractivity contribution in [2.45, 2.75) is 52.5 Å². The summed E-state index contributed by atoms with van der Waals surface area (Å²) in [5, 5.41) is 10.8. The number of ether oxygens (including phenoxy) is 2. The van der Waals surface area contributed by atoms with Crippen LogP contribution < -0.4 is 11.3 Å². The van der Waals surface area contributed by atoms with E-state index in [1.54, 1.807) is 42.7 Å². The molecule has 2 unspecified atom stereocenters. The monoisotopic (exact) mass is 463 g/mol. The van der Waals surface area contributed by atoms with Crippen LogP contribution in [0.25, 0.3) is 22.3 Å². The predicted octanol–water partition coefficient (Wildman–Crippen LogP) is 2.32. The van der Waals surface area contributed by atoms with E-state index in [0.717, 1.165) is 16.5 Å². The third-order valence-corrected chi connectivity index (χ3v) is 6.61. The lowest BCUT2D eigenvalue weighted by Crippen LogP contribution is -2.40. The highest BCUT2D eigenvalue weighted by Crippen LogP contribution is 2.39. The molecule has 176 valence electrons. The molecule has 0 bridgehead atoms. The molecule has 0 saturated heterocycles. The van der Waals surface area contributed by atoms with Gasteiger partial charge in [0.15, 0.2) is 0 Å². The maximum atomic E-state index is 13.4. The van der Waals surface area contributed by atoms with E-state index in [1.807, 2.05) is 6.92 Å². The number of cyclic esters (lactones) is 1. The van der Waals surface area contributed by atoms with Gasteiger partial charge in [0.25, 0.3) is 5.56 Å². The SMILES string of the molecule is CCc1c2c(nc3ccc(O)cc13)-c1cc3c(c(=O)n1C2)COC(=O)C3OC(=O)C(N)C(C)C. The summed E-state index contributed by atoms with van der Waals surface area (Å²) in [6.07, 6.45) is -0.686. The average Bonchev–Trinajstić information content (AvgIpc) is 3.17. The normalized spacial score (nSPS) is 17.2. The van der Waals surface area contributed by atoms with Gasteiger partial charge in [0, 0.05) is 16.5 Å². The van der Waals surface area contributed by atoms with Crippen LogP contribution in [0.5, 0.6) is 5.75 Å². The number of nitrogens with two attached hydrogens (primary N) is 1. The van der Waals surface area contributed by atoms with Crippen molar-refractivity contribution in [3.05, 3.63) is 56.9 Å². The van der Waals surface area contributed by atoms with Crippen molar-refractivity contribution in [1.82, 2.24) is 9.55 Å². The largest absolute Gasteiger partial charge is 0.508 e. The second kappa shape index (κ2) is 7.95. The van der Waals surface area contributed by atoms with Crippen LogP contribution in [0.1, 0.15) is 49.1 Å². The van der Waals surface area contributed by atoms with E-state index >= 15 is 0 Å². The molecule has 0 amide bonds. The number of hydrogen-bond donors (Lipinski definition) is 2. The molecule has 0 saturated carbocycles. The number of aromatic hydroxyl groups is 1. The number of aromatic nitrogens is 2. The van der Waals surface area contributed by atoms with Crippen molar-refractivity contribution in [2.24, 2.45) is 11.7 Å². The van der Waals surface area contributed by atoms with Crippen LogP contribution in [-0.4, -0.2) is 32.6 Å². The number of benzene rings is 1. The van der Waals surface area contributed by atoms with E-state index in [1.165, 1.54) is 0 Å².